The number of hydroxylamine groups is 2. The molecule has 0 aromatic heterocycles. The number of piperidine rings is 1. The van der Waals surface area contributed by atoms with Crippen LogP contribution in [0.2, 0.25) is 0 Å². The van der Waals surface area contributed by atoms with Gasteiger partial charge in [-0.15, -0.1) is 0 Å². The molecule has 3 aliphatic rings. The van der Waals surface area contributed by atoms with Crippen molar-refractivity contribution in [2.24, 2.45) is 5.92 Å². The molecular formula is C18H22NO5+. The Morgan fingerprint density at radius 1 is 1.29 bits per heavy atom. The largest absolute Gasteiger partial charge is 0.504 e. The van der Waals surface area contributed by atoms with Crippen LogP contribution in [0.1, 0.15) is 24.0 Å². The number of hydrogen-bond acceptors (Lipinski definition) is 5. The Labute approximate surface area is 140 Å². The lowest BCUT2D eigenvalue weighted by Gasteiger charge is -2.53. The third-order valence-electron chi connectivity index (χ3n) is 6.01. The monoisotopic (exact) mass is 332 g/mol. The van der Waals surface area contributed by atoms with E-state index >= 15 is 0 Å². The fourth-order valence-corrected chi connectivity index (χ4v) is 4.95. The molecule has 24 heavy (non-hydrogen) atoms. The first kappa shape index (κ1) is 15.5. The molecular weight excluding hydrogens is 310 g/mol. The summed E-state index contributed by atoms with van der Waals surface area (Å²) in [6.45, 7) is 0.556. The van der Waals surface area contributed by atoms with Gasteiger partial charge in [-0.3, -0.25) is 4.79 Å². The molecule has 6 heteroatoms. The summed E-state index contributed by atoms with van der Waals surface area (Å²) >= 11 is 0. The number of quaternary nitrogens is 1. The van der Waals surface area contributed by atoms with Gasteiger partial charge in [0.2, 0.25) is 0 Å². The van der Waals surface area contributed by atoms with E-state index in [-0.39, 0.29) is 29.9 Å². The molecule has 4 atom stereocenters. The second kappa shape index (κ2) is 5.22. The summed E-state index contributed by atoms with van der Waals surface area (Å²) in [5, 5.41) is 21.7. The predicted molar refractivity (Wildman–Crippen MR) is 84.3 cm³/mol. The van der Waals surface area contributed by atoms with Gasteiger partial charge in [0.25, 0.3) is 0 Å². The Balaban J connectivity index is 1.97. The van der Waals surface area contributed by atoms with E-state index < -0.39 is 5.41 Å². The maximum absolute atomic E-state index is 12.6. The van der Waals surface area contributed by atoms with Crippen LogP contribution < -0.4 is 9.80 Å². The SMILES string of the molecule is COC1=CC2C3Cc4ccc(OC)c(O)c4C2(CC[NH+]3O)CC1=O. The average molecular weight is 332 g/mol. The van der Waals surface area contributed by atoms with Crippen LogP contribution in [0.5, 0.6) is 11.5 Å². The molecule has 0 radical (unpaired) electrons. The maximum atomic E-state index is 12.6. The van der Waals surface area contributed by atoms with Gasteiger partial charge in [-0.2, -0.15) is 5.06 Å². The van der Waals surface area contributed by atoms with Gasteiger partial charge in [-0.25, -0.2) is 5.21 Å². The van der Waals surface area contributed by atoms with E-state index in [9.17, 15) is 15.1 Å². The summed E-state index contributed by atoms with van der Waals surface area (Å²) in [6, 6.07) is 3.65. The van der Waals surface area contributed by atoms with Crippen molar-refractivity contribution in [2.45, 2.75) is 30.7 Å². The molecule has 1 heterocycles. The lowest BCUT2D eigenvalue weighted by atomic mass is 9.53. The van der Waals surface area contributed by atoms with E-state index in [2.05, 4.69) is 0 Å². The van der Waals surface area contributed by atoms with Gasteiger partial charge in [0.15, 0.2) is 23.0 Å². The number of methoxy groups -OCH3 is 2. The van der Waals surface area contributed by atoms with Crippen LogP contribution in [0.15, 0.2) is 24.0 Å². The topological polar surface area (TPSA) is 80.4 Å². The Morgan fingerprint density at radius 3 is 2.79 bits per heavy atom. The van der Waals surface area contributed by atoms with Crippen LogP contribution >= 0.6 is 0 Å². The van der Waals surface area contributed by atoms with E-state index in [1.54, 1.807) is 6.07 Å². The highest BCUT2D eigenvalue weighted by Gasteiger charge is 2.59. The van der Waals surface area contributed by atoms with Crippen LogP contribution in [0.3, 0.4) is 0 Å². The number of ketones is 1. The molecule has 4 rings (SSSR count). The zero-order valence-corrected chi connectivity index (χ0v) is 13.8. The molecule has 0 spiro atoms. The fraction of sp³-hybridized carbons (Fsp3) is 0.500. The van der Waals surface area contributed by atoms with Gasteiger partial charge >= 0.3 is 0 Å². The van der Waals surface area contributed by atoms with Gasteiger partial charge in [-0.1, -0.05) is 6.07 Å². The summed E-state index contributed by atoms with van der Waals surface area (Å²) in [4.78, 5) is 12.6. The van der Waals surface area contributed by atoms with Crippen molar-refractivity contribution in [3.63, 3.8) is 0 Å². The predicted octanol–water partition coefficient (Wildman–Crippen LogP) is 0.360. The van der Waals surface area contributed by atoms with Gasteiger partial charge in [0, 0.05) is 36.2 Å². The van der Waals surface area contributed by atoms with E-state index in [1.807, 2.05) is 12.1 Å². The summed E-state index contributed by atoms with van der Waals surface area (Å²) in [5.41, 5.74) is 1.31. The first-order chi connectivity index (χ1) is 11.5. The van der Waals surface area contributed by atoms with Crippen molar-refractivity contribution in [3.05, 3.63) is 35.1 Å². The first-order valence-corrected chi connectivity index (χ1v) is 8.25. The third kappa shape index (κ3) is 1.87. The Morgan fingerprint density at radius 2 is 2.08 bits per heavy atom. The Bertz CT molecular complexity index is 743. The normalized spacial score (nSPS) is 34.0. The Hall–Kier alpha value is -2.05. The minimum absolute atomic E-state index is 0.0442. The molecule has 128 valence electrons. The number of aromatic hydroxyl groups is 1. The van der Waals surface area contributed by atoms with Crippen molar-refractivity contribution in [2.75, 3.05) is 20.8 Å². The number of allylic oxidation sites excluding steroid dienone is 1. The number of phenolic OH excluding ortho intramolecular Hbond substituents is 1. The number of carbonyl (C=O) groups is 1. The van der Waals surface area contributed by atoms with Gasteiger partial charge < -0.3 is 14.6 Å². The number of fused-ring (bicyclic) bond motifs is 1. The molecule has 2 aliphatic carbocycles. The lowest BCUT2D eigenvalue weighted by Crippen LogP contribution is -3.17. The van der Waals surface area contributed by atoms with Crippen molar-refractivity contribution >= 4 is 5.78 Å². The highest BCUT2D eigenvalue weighted by Crippen LogP contribution is 2.55. The second-order valence-corrected chi connectivity index (χ2v) is 6.97. The number of carbonyl (C=O) groups excluding carboxylic acids is 1. The smallest absolute Gasteiger partial charge is 0.197 e. The quantitative estimate of drug-likeness (QED) is 0.729. The van der Waals surface area contributed by atoms with Crippen LogP contribution in [0.25, 0.3) is 0 Å². The maximum Gasteiger partial charge on any atom is 0.197 e. The molecule has 4 unspecified atom stereocenters. The molecule has 3 N–H and O–H groups in total. The number of Topliss-reactive ketones (excluding diaryl/α,β-unsaturated/α-hetero) is 1. The first-order valence-electron chi connectivity index (χ1n) is 8.25. The average Bonchev–Trinajstić information content (AvgIpc) is 2.57. The Kier molecular flexibility index (Phi) is 3.37. The molecule has 1 aromatic rings. The molecule has 1 aliphatic heterocycles. The van der Waals surface area contributed by atoms with Crippen LogP contribution in [-0.2, 0) is 21.4 Å². The number of phenols is 1. The van der Waals surface area contributed by atoms with Gasteiger partial charge in [0.05, 0.1) is 14.2 Å². The fourth-order valence-electron chi connectivity index (χ4n) is 4.95. The van der Waals surface area contributed by atoms with Gasteiger partial charge in [0.1, 0.15) is 12.6 Å². The summed E-state index contributed by atoms with van der Waals surface area (Å²) in [7, 11) is 3.02. The van der Waals surface area contributed by atoms with Crippen molar-refractivity contribution in [3.8, 4) is 11.5 Å². The highest BCUT2D eigenvalue weighted by atomic mass is 16.5. The van der Waals surface area contributed by atoms with Crippen LogP contribution in [0, 0.1) is 5.92 Å². The molecule has 6 nitrogen and oxygen atoms in total. The number of ether oxygens (including phenoxy) is 2. The molecule has 0 saturated carbocycles. The molecule has 1 fully saturated rings. The van der Waals surface area contributed by atoms with Crippen LogP contribution in [0.4, 0.5) is 0 Å². The number of hydrogen-bond donors (Lipinski definition) is 3. The molecule has 0 amide bonds. The highest BCUT2D eigenvalue weighted by molar-refractivity contribution is 5.96. The third-order valence-corrected chi connectivity index (χ3v) is 6.01. The zero-order chi connectivity index (χ0) is 17.1. The number of rotatable bonds is 2. The van der Waals surface area contributed by atoms with Gasteiger partial charge in [-0.05, 0) is 17.7 Å². The lowest BCUT2D eigenvalue weighted by molar-refractivity contribution is -1.11. The summed E-state index contributed by atoms with van der Waals surface area (Å²) in [6.07, 6.45) is 3.42. The van der Waals surface area contributed by atoms with E-state index in [1.165, 1.54) is 14.2 Å². The van der Waals surface area contributed by atoms with Crippen molar-refractivity contribution in [1.29, 1.82) is 0 Å². The van der Waals surface area contributed by atoms with Crippen molar-refractivity contribution in [1.82, 2.24) is 0 Å². The molecule has 1 aromatic carbocycles. The standard InChI is InChI=1S/C18H21NO5/c1-23-14-4-3-10-7-12-11-8-15(24-2)13(20)9-18(11,5-6-19(12)22)16(10)17(14)21/h3-4,8,11-12,21-22H,5-7,9H2,1-2H3/p+1. The second-order valence-electron chi connectivity index (χ2n) is 6.97. The molecule has 1 saturated heterocycles. The minimum atomic E-state index is -0.498. The van der Waals surface area contributed by atoms with Crippen LogP contribution in [-0.4, -0.2) is 42.9 Å². The summed E-state index contributed by atoms with van der Waals surface area (Å²) < 4.78 is 10.5. The van der Waals surface area contributed by atoms with E-state index in [0.29, 0.717) is 36.0 Å². The zero-order valence-electron chi connectivity index (χ0n) is 13.8. The number of benzene rings is 1. The number of nitrogens with one attached hydrogen (secondary N) is 1. The summed E-state index contributed by atoms with van der Waals surface area (Å²) in [5.74, 6) is 0.810. The van der Waals surface area contributed by atoms with Crippen molar-refractivity contribution < 1.29 is 29.6 Å². The van der Waals surface area contributed by atoms with E-state index in [0.717, 1.165) is 11.1 Å². The van der Waals surface area contributed by atoms with E-state index in [4.69, 9.17) is 9.47 Å². The molecule has 2 bridgehead atoms. The minimum Gasteiger partial charge on any atom is -0.504 e.